The number of rotatable bonds is 4. The molecule has 0 saturated heterocycles. The Labute approximate surface area is 153 Å². The number of aryl methyl sites for hydroxylation is 1. The largest absolute Gasteiger partial charge is 0.324 e. The second kappa shape index (κ2) is 7.45. The summed E-state index contributed by atoms with van der Waals surface area (Å²) in [6, 6.07) is 8.45. The fourth-order valence-electron chi connectivity index (χ4n) is 2.17. The Morgan fingerprint density at radius 3 is 2.42 bits per heavy atom. The molecule has 5 nitrogen and oxygen atoms in total. The van der Waals surface area contributed by atoms with Crippen LogP contribution in [0.5, 0.6) is 0 Å². The van der Waals surface area contributed by atoms with Gasteiger partial charge < -0.3 is 10.6 Å². The van der Waals surface area contributed by atoms with E-state index in [1.54, 1.807) is 18.2 Å². The van der Waals surface area contributed by atoms with Gasteiger partial charge in [0.05, 0.1) is 5.56 Å². The quantitative estimate of drug-likeness (QED) is 0.694. The van der Waals surface area contributed by atoms with E-state index in [0.29, 0.717) is 10.7 Å². The first-order valence-corrected chi connectivity index (χ1v) is 7.92. The number of hydrogen-bond acceptors (Lipinski definition) is 4. The second-order valence-corrected chi connectivity index (χ2v) is 5.90. The van der Waals surface area contributed by atoms with Crippen molar-refractivity contribution in [1.82, 2.24) is 9.97 Å². The van der Waals surface area contributed by atoms with Crippen LogP contribution in [0.2, 0.25) is 5.02 Å². The standard InChI is InChI=1S/C18H13ClF2N4O/c1-10-6-12(19)2-5-16(10)25-17(26)11-8-22-18(23-9-11)24-13-3-4-14(20)15(21)7-13/h2-9H,1H3,(H,25,26)(H,22,23,24). The van der Waals surface area contributed by atoms with Gasteiger partial charge in [-0.3, -0.25) is 4.79 Å². The van der Waals surface area contributed by atoms with Gasteiger partial charge in [-0.05, 0) is 42.8 Å². The van der Waals surface area contributed by atoms with Gasteiger partial charge >= 0.3 is 0 Å². The van der Waals surface area contributed by atoms with Crippen LogP contribution in [0.1, 0.15) is 15.9 Å². The molecule has 0 radical (unpaired) electrons. The van der Waals surface area contributed by atoms with Crippen LogP contribution >= 0.6 is 11.6 Å². The summed E-state index contributed by atoms with van der Waals surface area (Å²) < 4.78 is 26.1. The van der Waals surface area contributed by atoms with Crippen LogP contribution in [-0.4, -0.2) is 15.9 Å². The first kappa shape index (κ1) is 17.8. The molecule has 8 heteroatoms. The van der Waals surface area contributed by atoms with Crippen molar-refractivity contribution in [2.45, 2.75) is 6.92 Å². The summed E-state index contributed by atoms with van der Waals surface area (Å²) in [6.07, 6.45) is 2.66. The lowest BCUT2D eigenvalue weighted by atomic mass is 10.2. The maximum Gasteiger partial charge on any atom is 0.258 e. The lowest BCUT2D eigenvalue weighted by Crippen LogP contribution is -2.13. The van der Waals surface area contributed by atoms with E-state index in [2.05, 4.69) is 20.6 Å². The Morgan fingerprint density at radius 2 is 1.77 bits per heavy atom. The number of nitrogens with one attached hydrogen (secondary N) is 2. The Hall–Kier alpha value is -3.06. The Morgan fingerprint density at radius 1 is 1.04 bits per heavy atom. The number of halogens is 3. The third-order valence-electron chi connectivity index (χ3n) is 3.53. The van der Waals surface area contributed by atoms with Crippen molar-refractivity contribution in [1.29, 1.82) is 0 Å². The first-order chi connectivity index (χ1) is 12.4. The minimum atomic E-state index is -0.982. The van der Waals surface area contributed by atoms with E-state index >= 15 is 0 Å². The van der Waals surface area contributed by atoms with Crippen LogP contribution in [0.15, 0.2) is 48.8 Å². The molecule has 2 N–H and O–H groups in total. The van der Waals surface area contributed by atoms with Crippen LogP contribution in [0.4, 0.5) is 26.1 Å². The van der Waals surface area contributed by atoms with Crippen molar-refractivity contribution in [2.75, 3.05) is 10.6 Å². The van der Waals surface area contributed by atoms with E-state index in [4.69, 9.17) is 11.6 Å². The summed E-state index contributed by atoms with van der Waals surface area (Å²) in [5.41, 5.74) is 1.99. The van der Waals surface area contributed by atoms with Crippen LogP contribution in [-0.2, 0) is 0 Å². The van der Waals surface area contributed by atoms with Crippen LogP contribution in [0, 0.1) is 18.6 Å². The summed E-state index contributed by atoms with van der Waals surface area (Å²) >= 11 is 5.89. The molecular formula is C18H13ClF2N4O. The molecule has 0 aliphatic heterocycles. The molecule has 26 heavy (non-hydrogen) atoms. The van der Waals surface area contributed by atoms with Gasteiger partial charge in [-0.2, -0.15) is 0 Å². The van der Waals surface area contributed by atoms with Gasteiger partial charge in [-0.1, -0.05) is 11.6 Å². The fourth-order valence-corrected chi connectivity index (χ4v) is 2.40. The highest BCUT2D eigenvalue weighted by Crippen LogP contribution is 2.20. The number of hydrogen-bond donors (Lipinski definition) is 2. The SMILES string of the molecule is Cc1cc(Cl)ccc1NC(=O)c1cnc(Nc2ccc(F)c(F)c2)nc1. The van der Waals surface area contributed by atoms with Crippen molar-refractivity contribution < 1.29 is 13.6 Å². The van der Waals surface area contributed by atoms with E-state index in [1.807, 2.05) is 6.92 Å². The zero-order valence-electron chi connectivity index (χ0n) is 13.6. The molecule has 0 fully saturated rings. The van der Waals surface area contributed by atoms with Gasteiger partial charge in [-0.15, -0.1) is 0 Å². The predicted octanol–water partition coefficient (Wildman–Crippen LogP) is 4.71. The highest BCUT2D eigenvalue weighted by atomic mass is 35.5. The third-order valence-corrected chi connectivity index (χ3v) is 3.76. The highest BCUT2D eigenvalue weighted by molar-refractivity contribution is 6.30. The minimum absolute atomic E-state index is 0.148. The monoisotopic (exact) mass is 374 g/mol. The zero-order chi connectivity index (χ0) is 18.7. The van der Waals surface area contributed by atoms with Crippen molar-refractivity contribution >= 4 is 34.8 Å². The van der Waals surface area contributed by atoms with Crippen LogP contribution in [0.3, 0.4) is 0 Å². The van der Waals surface area contributed by atoms with Crippen molar-refractivity contribution in [3.63, 3.8) is 0 Å². The molecule has 1 amide bonds. The zero-order valence-corrected chi connectivity index (χ0v) is 14.3. The number of nitrogens with zero attached hydrogens (tertiary/aromatic N) is 2. The highest BCUT2D eigenvalue weighted by Gasteiger charge is 2.10. The molecule has 0 aliphatic carbocycles. The van der Waals surface area contributed by atoms with Crippen LogP contribution < -0.4 is 10.6 Å². The summed E-state index contributed by atoms with van der Waals surface area (Å²) in [7, 11) is 0. The Balaban J connectivity index is 1.70. The van der Waals surface area contributed by atoms with Gasteiger partial charge in [-0.25, -0.2) is 18.7 Å². The van der Waals surface area contributed by atoms with Crippen molar-refractivity contribution in [3.05, 3.63) is 76.6 Å². The molecule has 132 valence electrons. The number of aromatic nitrogens is 2. The molecule has 0 aliphatic rings. The van der Waals surface area contributed by atoms with Crippen molar-refractivity contribution in [2.24, 2.45) is 0 Å². The lowest BCUT2D eigenvalue weighted by molar-refractivity contribution is 0.102. The summed E-state index contributed by atoms with van der Waals surface area (Å²) in [5.74, 6) is -2.16. The molecule has 1 aromatic heterocycles. The molecule has 0 unspecified atom stereocenters. The van der Waals surface area contributed by atoms with Crippen LogP contribution in [0.25, 0.3) is 0 Å². The summed E-state index contributed by atoms with van der Waals surface area (Å²) in [4.78, 5) is 20.3. The lowest BCUT2D eigenvalue weighted by Gasteiger charge is -2.09. The maximum atomic E-state index is 13.2. The van der Waals surface area contributed by atoms with Gasteiger partial charge in [0.15, 0.2) is 11.6 Å². The molecule has 0 saturated carbocycles. The maximum absolute atomic E-state index is 13.2. The topological polar surface area (TPSA) is 66.9 Å². The number of amides is 1. The molecular weight excluding hydrogens is 362 g/mol. The number of anilines is 3. The summed E-state index contributed by atoms with van der Waals surface area (Å²) in [5, 5.41) is 6.06. The summed E-state index contributed by atoms with van der Waals surface area (Å²) in [6.45, 7) is 1.83. The Bertz CT molecular complexity index is 964. The Kier molecular flexibility index (Phi) is 5.09. The second-order valence-electron chi connectivity index (χ2n) is 5.46. The van der Waals surface area contributed by atoms with E-state index in [-0.39, 0.29) is 23.1 Å². The number of carbonyl (C=O) groups is 1. The van der Waals surface area contributed by atoms with Gasteiger partial charge in [0.2, 0.25) is 5.95 Å². The normalized spacial score (nSPS) is 10.5. The van der Waals surface area contributed by atoms with E-state index in [9.17, 15) is 13.6 Å². The molecule has 0 bridgehead atoms. The van der Waals surface area contributed by atoms with E-state index < -0.39 is 11.6 Å². The van der Waals surface area contributed by atoms with E-state index in [0.717, 1.165) is 17.7 Å². The average molecular weight is 375 g/mol. The molecule has 0 spiro atoms. The average Bonchev–Trinajstić information content (AvgIpc) is 2.61. The third kappa shape index (κ3) is 4.12. The van der Waals surface area contributed by atoms with Gasteiger partial charge in [0.1, 0.15) is 0 Å². The number of benzene rings is 2. The fraction of sp³-hybridized carbons (Fsp3) is 0.0556. The predicted molar refractivity (Wildman–Crippen MR) is 95.8 cm³/mol. The molecule has 3 aromatic rings. The minimum Gasteiger partial charge on any atom is -0.324 e. The van der Waals surface area contributed by atoms with Crippen molar-refractivity contribution in [3.8, 4) is 0 Å². The van der Waals surface area contributed by atoms with Gasteiger partial charge in [0, 0.05) is 34.9 Å². The molecule has 0 atom stereocenters. The number of carbonyl (C=O) groups excluding carboxylic acids is 1. The molecule has 3 rings (SSSR count). The van der Waals surface area contributed by atoms with E-state index in [1.165, 1.54) is 18.5 Å². The first-order valence-electron chi connectivity index (χ1n) is 7.54. The smallest absolute Gasteiger partial charge is 0.258 e. The molecule has 2 aromatic carbocycles. The molecule has 1 heterocycles. The van der Waals surface area contributed by atoms with Gasteiger partial charge in [0.25, 0.3) is 5.91 Å².